The van der Waals surface area contributed by atoms with E-state index in [1.54, 1.807) is 0 Å². The average Bonchev–Trinajstić information content (AvgIpc) is 2.47. The minimum Gasteiger partial charge on any atom is -0.451 e. The third kappa shape index (κ3) is 4.32. The predicted octanol–water partition coefficient (Wildman–Crippen LogP) is 3.77. The van der Waals surface area contributed by atoms with Gasteiger partial charge in [-0.15, -0.1) is 0 Å². The van der Waals surface area contributed by atoms with Gasteiger partial charge in [0.05, 0.1) is 0 Å². The first-order valence-electron chi connectivity index (χ1n) is 8.78. The van der Waals surface area contributed by atoms with Crippen molar-refractivity contribution >= 4 is 0 Å². The van der Waals surface area contributed by atoms with Gasteiger partial charge in [-0.25, -0.2) is 0 Å². The molecule has 0 fully saturated rings. The van der Waals surface area contributed by atoms with E-state index < -0.39 is 5.85 Å². The number of benzene rings is 1. The number of hydrogen-bond acceptors (Lipinski definition) is 4. The smallest absolute Gasteiger partial charge is 0.258 e. The van der Waals surface area contributed by atoms with Crippen LogP contribution >= 0.6 is 0 Å². The standard InChI is InChI=1S/C20H31N3O/c1-7-17(8-2)22-18-11-16(6)23-20(21,12-18)24-19-14(4)9-13(3)10-15(19)5/h9-12,17,22-23H,7-8,21H2,1-6H3. The first kappa shape index (κ1) is 18.4. The van der Waals surface area contributed by atoms with E-state index in [9.17, 15) is 0 Å². The number of aryl methyl sites for hydroxylation is 3. The van der Waals surface area contributed by atoms with Crippen LogP contribution in [0.5, 0.6) is 5.75 Å². The van der Waals surface area contributed by atoms with Crippen molar-refractivity contribution in [1.82, 2.24) is 10.6 Å². The Morgan fingerprint density at radius 1 is 1.12 bits per heavy atom. The van der Waals surface area contributed by atoms with Crippen LogP contribution in [-0.4, -0.2) is 11.9 Å². The molecule has 1 aromatic carbocycles. The lowest BCUT2D eigenvalue weighted by Gasteiger charge is -2.35. The Bertz CT molecular complexity index is 636. The monoisotopic (exact) mass is 329 g/mol. The second-order valence-corrected chi connectivity index (χ2v) is 6.83. The van der Waals surface area contributed by atoms with E-state index in [1.165, 1.54) is 5.56 Å². The summed E-state index contributed by atoms with van der Waals surface area (Å²) in [5, 5.41) is 6.80. The van der Waals surface area contributed by atoms with Gasteiger partial charge in [0.25, 0.3) is 5.85 Å². The minimum absolute atomic E-state index is 0.436. The molecule has 1 aliphatic rings. The highest BCUT2D eigenvalue weighted by Crippen LogP contribution is 2.28. The van der Waals surface area contributed by atoms with E-state index in [1.807, 2.05) is 13.0 Å². The molecule has 0 radical (unpaired) electrons. The maximum atomic E-state index is 6.52. The van der Waals surface area contributed by atoms with Gasteiger partial charge >= 0.3 is 0 Å². The Labute approximate surface area is 146 Å². The first-order valence-corrected chi connectivity index (χ1v) is 8.78. The molecule has 1 unspecified atom stereocenters. The molecular weight excluding hydrogens is 298 g/mol. The highest BCUT2D eigenvalue weighted by Gasteiger charge is 2.29. The van der Waals surface area contributed by atoms with Gasteiger partial charge in [-0.2, -0.15) is 0 Å². The second-order valence-electron chi connectivity index (χ2n) is 6.83. The van der Waals surface area contributed by atoms with Gasteiger partial charge in [0, 0.05) is 23.5 Å². The third-order valence-electron chi connectivity index (χ3n) is 4.37. The minimum atomic E-state index is -1.06. The molecule has 1 heterocycles. The predicted molar refractivity (Wildman–Crippen MR) is 101 cm³/mol. The van der Waals surface area contributed by atoms with E-state index in [0.29, 0.717) is 6.04 Å². The van der Waals surface area contributed by atoms with E-state index in [2.05, 4.69) is 63.5 Å². The summed E-state index contributed by atoms with van der Waals surface area (Å²) >= 11 is 0. The molecule has 0 aromatic heterocycles. The number of hydrogen-bond donors (Lipinski definition) is 3. The second kappa shape index (κ2) is 7.31. The van der Waals surface area contributed by atoms with Crippen LogP contribution in [0.25, 0.3) is 0 Å². The lowest BCUT2D eigenvalue weighted by molar-refractivity contribution is 0.0954. The van der Waals surface area contributed by atoms with Crippen molar-refractivity contribution in [2.24, 2.45) is 5.73 Å². The molecule has 2 rings (SSSR count). The van der Waals surface area contributed by atoms with Crippen molar-refractivity contribution < 1.29 is 4.74 Å². The summed E-state index contributed by atoms with van der Waals surface area (Å²) in [5.74, 6) is -0.221. The molecule has 0 bridgehead atoms. The van der Waals surface area contributed by atoms with Gasteiger partial charge in [-0.3, -0.25) is 5.73 Å². The van der Waals surface area contributed by atoms with Crippen molar-refractivity contribution in [3.8, 4) is 5.75 Å². The van der Waals surface area contributed by atoms with Crippen LogP contribution in [0.15, 0.2) is 35.7 Å². The summed E-state index contributed by atoms with van der Waals surface area (Å²) in [6.45, 7) is 12.6. The summed E-state index contributed by atoms with van der Waals surface area (Å²) in [5.41, 5.74) is 11.9. The van der Waals surface area contributed by atoms with E-state index in [4.69, 9.17) is 10.5 Å². The van der Waals surface area contributed by atoms with Gasteiger partial charge in [0.2, 0.25) is 0 Å². The van der Waals surface area contributed by atoms with Crippen molar-refractivity contribution in [2.75, 3.05) is 0 Å². The molecule has 4 heteroatoms. The van der Waals surface area contributed by atoms with Crippen LogP contribution < -0.4 is 21.1 Å². The van der Waals surface area contributed by atoms with Crippen LogP contribution in [0.3, 0.4) is 0 Å². The van der Waals surface area contributed by atoms with Crippen LogP contribution in [0, 0.1) is 20.8 Å². The Morgan fingerprint density at radius 3 is 2.25 bits per heavy atom. The molecule has 0 saturated carbocycles. The number of allylic oxidation sites excluding steroid dienone is 2. The number of ether oxygens (including phenoxy) is 1. The molecular formula is C20H31N3O. The zero-order valence-electron chi connectivity index (χ0n) is 15.8. The average molecular weight is 329 g/mol. The van der Waals surface area contributed by atoms with Gasteiger partial charge in [0.1, 0.15) is 5.75 Å². The summed E-state index contributed by atoms with van der Waals surface area (Å²) in [6, 6.07) is 4.67. The van der Waals surface area contributed by atoms with E-state index in [-0.39, 0.29) is 0 Å². The number of nitrogens with two attached hydrogens (primary N) is 1. The maximum Gasteiger partial charge on any atom is 0.258 e. The van der Waals surface area contributed by atoms with Crippen molar-refractivity contribution in [3.05, 3.63) is 52.4 Å². The molecule has 132 valence electrons. The largest absolute Gasteiger partial charge is 0.451 e. The molecule has 1 atom stereocenters. The fraction of sp³-hybridized carbons (Fsp3) is 0.500. The maximum absolute atomic E-state index is 6.52. The van der Waals surface area contributed by atoms with Crippen LogP contribution in [0.4, 0.5) is 0 Å². The fourth-order valence-electron chi connectivity index (χ4n) is 3.25. The third-order valence-corrected chi connectivity index (χ3v) is 4.37. The number of nitrogens with one attached hydrogen (secondary N) is 2. The Hall–Kier alpha value is -1.94. The lowest BCUT2D eigenvalue weighted by atomic mass is 10.1. The normalized spacial score (nSPS) is 20.3. The first-order chi connectivity index (χ1) is 11.3. The molecule has 0 amide bonds. The Morgan fingerprint density at radius 2 is 1.71 bits per heavy atom. The van der Waals surface area contributed by atoms with Gasteiger partial charge in [-0.1, -0.05) is 31.5 Å². The van der Waals surface area contributed by atoms with Crippen LogP contribution in [0.1, 0.15) is 50.3 Å². The zero-order valence-corrected chi connectivity index (χ0v) is 15.8. The lowest BCUT2D eigenvalue weighted by Crippen LogP contribution is -2.58. The number of rotatable bonds is 6. The summed E-state index contributed by atoms with van der Waals surface area (Å²) in [7, 11) is 0. The van der Waals surface area contributed by atoms with Crippen molar-refractivity contribution in [3.63, 3.8) is 0 Å². The molecule has 4 N–H and O–H groups in total. The molecule has 1 aliphatic heterocycles. The molecule has 24 heavy (non-hydrogen) atoms. The summed E-state index contributed by atoms with van der Waals surface area (Å²) in [4.78, 5) is 0. The quantitative estimate of drug-likeness (QED) is 0.695. The van der Waals surface area contributed by atoms with Gasteiger partial charge in [-0.05, 0) is 57.7 Å². The molecule has 1 aromatic rings. The van der Waals surface area contributed by atoms with Crippen LogP contribution in [-0.2, 0) is 0 Å². The van der Waals surface area contributed by atoms with Gasteiger partial charge < -0.3 is 15.4 Å². The van der Waals surface area contributed by atoms with E-state index in [0.717, 1.165) is 41.1 Å². The van der Waals surface area contributed by atoms with Crippen molar-refractivity contribution in [1.29, 1.82) is 0 Å². The SMILES string of the molecule is CCC(CC)NC1=CC(N)(Oc2c(C)cc(C)cc2C)NC(C)=C1. The Balaban J connectivity index is 2.28. The Kier molecular flexibility index (Phi) is 5.60. The zero-order chi connectivity index (χ0) is 17.9. The molecule has 4 nitrogen and oxygen atoms in total. The van der Waals surface area contributed by atoms with E-state index >= 15 is 0 Å². The fourth-order valence-corrected chi connectivity index (χ4v) is 3.25. The topological polar surface area (TPSA) is 59.3 Å². The van der Waals surface area contributed by atoms with Gasteiger partial charge in [0.15, 0.2) is 0 Å². The number of dihydropyridines is 1. The highest BCUT2D eigenvalue weighted by atomic mass is 16.5. The summed E-state index contributed by atoms with van der Waals surface area (Å²) < 4.78 is 6.22. The molecule has 0 spiro atoms. The van der Waals surface area contributed by atoms with Crippen molar-refractivity contribution in [2.45, 2.75) is 66.3 Å². The van der Waals surface area contributed by atoms with Crippen LogP contribution in [0.2, 0.25) is 0 Å². The summed E-state index contributed by atoms with van der Waals surface area (Å²) in [6.07, 6.45) is 6.14. The molecule has 0 aliphatic carbocycles. The highest BCUT2D eigenvalue weighted by molar-refractivity contribution is 5.44. The molecule has 0 saturated heterocycles.